The van der Waals surface area contributed by atoms with Crippen molar-refractivity contribution in [3.8, 4) is 11.4 Å². The number of benzene rings is 1. The van der Waals surface area contributed by atoms with Crippen molar-refractivity contribution in [2.75, 3.05) is 44.1 Å². The highest BCUT2D eigenvalue weighted by Gasteiger charge is 2.45. The van der Waals surface area contributed by atoms with Gasteiger partial charge in [-0.05, 0) is 101 Å². The highest BCUT2D eigenvalue weighted by molar-refractivity contribution is 7.99. The van der Waals surface area contributed by atoms with E-state index in [1.54, 1.807) is 49.4 Å². The number of ether oxygens (including phenoxy) is 1. The van der Waals surface area contributed by atoms with Crippen LogP contribution in [0.25, 0.3) is 22.3 Å². The molecule has 5 heterocycles. The van der Waals surface area contributed by atoms with Gasteiger partial charge in [0.15, 0.2) is 5.60 Å². The van der Waals surface area contributed by atoms with Gasteiger partial charge < -0.3 is 56.1 Å². The predicted molar refractivity (Wildman–Crippen MR) is 295 cm³/mol. The summed E-state index contributed by atoms with van der Waals surface area (Å²) in [7, 11) is 1.56. The van der Waals surface area contributed by atoms with Crippen LogP contribution in [0.2, 0.25) is 0 Å². The molecule has 23 nitrogen and oxygen atoms in total. The third-order valence-electron chi connectivity index (χ3n) is 14.2. The van der Waals surface area contributed by atoms with Crippen molar-refractivity contribution in [1.29, 1.82) is 0 Å². The molecule has 0 unspecified atom stereocenters. The van der Waals surface area contributed by atoms with Gasteiger partial charge in [-0.2, -0.15) is 11.8 Å². The molecule has 3 aliphatic heterocycles. The number of aliphatic hydroxyl groups excluding tert-OH is 2. The van der Waals surface area contributed by atoms with E-state index < -0.39 is 94.6 Å². The number of aliphatic hydroxyl groups is 3. The molecule has 0 bridgehead atoms. The average Bonchev–Trinajstić information content (AvgIpc) is 4.17. The van der Waals surface area contributed by atoms with Gasteiger partial charge in [-0.25, -0.2) is 14.2 Å². The Kier molecular flexibility index (Phi) is 21.9. The number of rotatable bonds is 29. The lowest BCUT2D eigenvalue weighted by atomic mass is 9.86. The van der Waals surface area contributed by atoms with Crippen LogP contribution in [0.3, 0.4) is 0 Å². The van der Waals surface area contributed by atoms with Crippen LogP contribution in [0, 0.1) is 12.7 Å². The first kappa shape index (κ1) is 62.5. The molecule has 0 fully saturated rings. The molecular formula is C54H70FN9O14S2. The SMILES string of the molecule is CC[C@@]1(O)C(=O)OCc2c1cc1n(c2=O)Cc2c-1nc1cc(F)c(C)cc1c2CSCCCSCNC(=O)[C@H](C)NC(=O)[C@H](C)NC(=O)[C@H](C)NC(=O)[C@H](CCC(=O)N(C)CCCC[C@H](O)CO)NC(=O)CCN1C(=O)C=CC1=O. The predicted octanol–water partition coefficient (Wildman–Crippen LogP) is 1.03. The molecule has 2 aromatic heterocycles. The standard InChI is InChI=1S/C54H70FN9O14S2/c1-7-54(77)38-22-42-47-35(24-64(42)52(75)36(38)26-78-53(54)76)37(34-21-29(2)39(55)23-41(34)61-47)27-79-19-10-20-80-28-56-48(71)30(3)57-49(72)31(4)58-50(73)32(5)59-51(74)40(60-43(67)16-18-63-45(69)14-15-46(63)70)12-13-44(68)62(6)17-9-8-11-33(66)25-65/h14-15,21-23,30-33,40,65-66,77H,7-13,16-20,24-28H2,1-6H3,(H,56,71)(H,57,72)(H,58,73)(H,59,74)(H,60,67)/t30-,31-,32-,33-,40-,54-/m0/s1. The number of carbonyl (C=O) groups excluding carboxylic acids is 9. The Balaban J connectivity index is 0.938. The molecule has 8 N–H and O–H groups in total. The number of esters is 1. The van der Waals surface area contributed by atoms with Crippen molar-refractivity contribution < 1.29 is 67.6 Å². The van der Waals surface area contributed by atoms with Gasteiger partial charge >= 0.3 is 5.97 Å². The van der Waals surface area contributed by atoms with E-state index in [1.165, 1.54) is 43.5 Å². The van der Waals surface area contributed by atoms with Gasteiger partial charge in [-0.3, -0.25) is 48.1 Å². The summed E-state index contributed by atoms with van der Waals surface area (Å²) in [5.74, 6) is -4.14. The second-order valence-corrected chi connectivity index (χ2v) is 22.3. The molecule has 26 heteroatoms. The number of aromatic nitrogens is 2. The van der Waals surface area contributed by atoms with E-state index in [2.05, 4.69) is 26.6 Å². The Hall–Kier alpha value is -6.74. The third kappa shape index (κ3) is 15.2. The van der Waals surface area contributed by atoms with Crippen LogP contribution in [0.4, 0.5) is 4.39 Å². The van der Waals surface area contributed by atoms with E-state index in [9.17, 15) is 62.5 Å². The molecule has 0 saturated carbocycles. The fraction of sp³-hybridized carbons (Fsp3) is 0.537. The minimum Gasteiger partial charge on any atom is -0.458 e. The van der Waals surface area contributed by atoms with Crippen LogP contribution in [-0.2, 0) is 72.4 Å². The van der Waals surface area contributed by atoms with E-state index in [-0.39, 0.29) is 74.9 Å². The molecule has 6 rings (SSSR count). The van der Waals surface area contributed by atoms with Crippen LogP contribution in [0.5, 0.6) is 0 Å². The largest absolute Gasteiger partial charge is 0.458 e. The van der Waals surface area contributed by atoms with Gasteiger partial charge in [0.05, 0.1) is 47.6 Å². The lowest BCUT2D eigenvalue weighted by Gasteiger charge is -2.31. The van der Waals surface area contributed by atoms with Crippen molar-refractivity contribution in [2.45, 2.75) is 141 Å². The lowest BCUT2D eigenvalue weighted by Crippen LogP contribution is -2.56. The van der Waals surface area contributed by atoms with Crippen molar-refractivity contribution in [2.24, 2.45) is 0 Å². The first-order valence-corrected chi connectivity index (χ1v) is 28.8. The molecular weight excluding hydrogens is 1080 g/mol. The number of imide groups is 1. The minimum atomic E-state index is -1.99. The van der Waals surface area contributed by atoms with Crippen LogP contribution in [0.15, 0.2) is 35.1 Å². The van der Waals surface area contributed by atoms with Crippen molar-refractivity contribution in [3.05, 3.63) is 74.3 Å². The van der Waals surface area contributed by atoms with Crippen LogP contribution >= 0.6 is 23.5 Å². The Labute approximate surface area is 470 Å². The number of nitrogens with one attached hydrogen (secondary N) is 5. The zero-order chi connectivity index (χ0) is 58.6. The molecule has 80 heavy (non-hydrogen) atoms. The summed E-state index contributed by atoms with van der Waals surface area (Å²) in [6.07, 6.45) is 2.73. The molecule has 0 radical (unpaired) electrons. The number of unbranched alkanes of at least 4 members (excludes halogenated alkanes) is 1. The van der Waals surface area contributed by atoms with Gasteiger partial charge in [0, 0.05) is 73.5 Å². The summed E-state index contributed by atoms with van der Waals surface area (Å²) >= 11 is 3.11. The molecule has 3 aliphatic rings. The van der Waals surface area contributed by atoms with Gasteiger partial charge in [0.1, 0.15) is 36.6 Å². The van der Waals surface area contributed by atoms with E-state index in [0.717, 1.165) is 40.0 Å². The number of hydrogen-bond donors (Lipinski definition) is 8. The maximum Gasteiger partial charge on any atom is 0.343 e. The van der Waals surface area contributed by atoms with Gasteiger partial charge in [0.2, 0.25) is 35.4 Å². The minimum absolute atomic E-state index is 0.00450. The summed E-state index contributed by atoms with van der Waals surface area (Å²) in [6, 6.07) is 0.0285. The van der Waals surface area contributed by atoms with Gasteiger partial charge in [-0.15, -0.1) is 11.8 Å². The molecule has 434 valence electrons. The number of aryl methyl sites for hydroxylation is 1. The fourth-order valence-electron chi connectivity index (χ4n) is 9.23. The molecule has 8 amide bonds. The Morgan fingerprint density at radius 2 is 1.50 bits per heavy atom. The highest BCUT2D eigenvalue weighted by atomic mass is 32.2. The van der Waals surface area contributed by atoms with Gasteiger partial charge in [-0.1, -0.05) is 6.92 Å². The topological polar surface area (TPSA) is 325 Å². The quantitative estimate of drug-likeness (QED) is 0.0163. The number of cyclic esters (lactones) is 1. The van der Waals surface area contributed by atoms with Crippen LogP contribution in [0.1, 0.15) is 107 Å². The van der Waals surface area contributed by atoms with E-state index in [4.69, 9.17) is 14.8 Å². The lowest BCUT2D eigenvalue weighted by molar-refractivity contribution is -0.172. The Bertz CT molecular complexity index is 2980. The molecule has 6 atom stereocenters. The first-order chi connectivity index (χ1) is 38.0. The first-order valence-electron chi connectivity index (χ1n) is 26.5. The maximum atomic E-state index is 14.9. The van der Waals surface area contributed by atoms with E-state index in [0.29, 0.717) is 65.5 Å². The van der Waals surface area contributed by atoms with Crippen molar-refractivity contribution in [3.63, 3.8) is 0 Å². The zero-order valence-electron chi connectivity index (χ0n) is 45.6. The summed E-state index contributed by atoms with van der Waals surface area (Å²) in [5.41, 5.74) is 1.46. The summed E-state index contributed by atoms with van der Waals surface area (Å²) in [5, 5.41) is 43.5. The molecule has 3 aromatic rings. The summed E-state index contributed by atoms with van der Waals surface area (Å²) < 4.78 is 21.7. The molecule has 0 aliphatic carbocycles. The van der Waals surface area contributed by atoms with Crippen LogP contribution < -0.4 is 32.1 Å². The van der Waals surface area contributed by atoms with Crippen molar-refractivity contribution >= 4 is 87.7 Å². The second-order valence-electron chi connectivity index (χ2n) is 20.0. The van der Waals surface area contributed by atoms with Crippen LogP contribution in [-0.4, -0.2) is 162 Å². The number of halogens is 1. The Morgan fingerprint density at radius 1 is 0.850 bits per heavy atom. The second kappa shape index (κ2) is 28.1. The van der Waals surface area contributed by atoms with E-state index >= 15 is 0 Å². The molecule has 1 aromatic carbocycles. The number of pyridine rings is 2. The smallest absolute Gasteiger partial charge is 0.343 e. The summed E-state index contributed by atoms with van der Waals surface area (Å²) in [6.45, 7) is 7.13. The molecule has 0 spiro atoms. The monoisotopic (exact) mass is 1150 g/mol. The van der Waals surface area contributed by atoms with Crippen molar-refractivity contribution in [1.82, 2.24) is 45.9 Å². The Morgan fingerprint density at radius 3 is 2.16 bits per heavy atom. The van der Waals surface area contributed by atoms with E-state index in [1.807, 2.05) is 0 Å². The fourth-order valence-corrected chi connectivity index (χ4v) is 11.2. The third-order valence-corrected chi connectivity index (χ3v) is 16.2. The zero-order valence-corrected chi connectivity index (χ0v) is 47.2. The van der Waals surface area contributed by atoms with Gasteiger partial charge in [0.25, 0.3) is 17.4 Å². The number of carbonyl (C=O) groups is 9. The number of hydrogen-bond acceptors (Lipinski definition) is 17. The highest BCUT2D eigenvalue weighted by Crippen LogP contribution is 2.41. The number of thioether (sulfide) groups is 2. The number of amides is 8. The number of nitrogens with zero attached hydrogens (tertiary/aromatic N) is 4. The summed E-state index contributed by atoms with van der Waals surface area (Å²) in [4.78, 5) is 136. The molecule has 0 saturated heterocycles. The average molecular weight is 1150 g/mol. The maximum absolute atomic E-state index is 14.9. The normalized spacial score (nSPS) is 17.1. The number of fused-ring (bicyclic) bond motifs is 5.